The van der Waals surface area contributed by atoms with E-state index < -0.39 is 0 Å². The van der Waals surface area contributed by atoms with Crippen molar-refractivity contribution >= 4 is 23.3 Å². The van der Waals surface area contributed by atoms with Gasteiger partial charge in [-0.3, -0.25) is 0 Å². The summed E-state index contributed by atoms with van der Waals surface area (Å²) < 4.78 is 5.04. The first-order chi connectivity index (χ1) is 11.0. The Morgan fingerprint density at radius 1 is 0.870 bits per heavy atom. The molecule has 0 unspecified atom stereocenters. The molecule has 2 aromatic heterocycles. The molecule has 23 heavy (non-hydrogen) atoms. The number of benzene rings is 1. The molecule has 0 atom stereocenters. The summed E-state index contributed by atoms with van der Waals surface area (Å²) in [5.74, 6) is 2.53. The van der Waals surface area contributed by atoms with E-state index in [4.69, 9.17) is 4.52 Å². The van der Waals surface area contributed by atoms with Gasteiger partial charge < -0.3 is 15.2 Å². The Labute approximate surface area is 135 Å². The lowest BCUT2D eigenvalue weighted by molar-refractivity contribution is 0.400. The van der Waals surface area contributed by atoms with Gasteiger partial charge in [0.2, 0.25) is 5.95 Å². The maximum Gasteiger partial charge on any atom is 0.230 e. The first-order valence-corrected chi connectivity index (χ1v) is 7.40. The normalized spacial score (nSPS) is 10.6. The third-order valence-corrected chi connectivity index (χ3v) is 3.46. The molecule has 0 aliphatic rings. The van der Waals surface area contributed by atoms with Crippen LogP contribution in [0, 0.1) is 27.7 Å². The van der Waals surface area contributed by atoms with Crippen molar-refractivity contribution < 1.29 is 4.52 Å². The molecule has 3 rings (SSSR count). The fraction of sp³-hybridized carbons (Fsp3) is 0.235. The number of rotatable bonds is 4. The van der Waals surface area contributed by atoms with E-state index in [1.165, 1.54) is 11.1 Å². The van der Waals surface area contributed by atoms with Crippen LogP contribution >= 0.6 is 0 Å². The van der Waals surface area contributed by atoms with Crippen molar-refractivity contribution in [2.75, 3.05) is 10.6 Å². The third kappa shape index (κ3) is 3.48. The molecule has 0 bridgehead atoms. The van der Waals surface area contributed by atoms with Gasteiger partial charge in [-0.05, 0) is 38.8 Å². The van der Waals surface area contributed by atoms with Crippen molar-refractivity contribution in [3.05, 3.63) is 52.9 Å². The molecule has 0 amide bonds. The molecule has 3 aromatic rings. The smallest absolute Gasteiger partial charge is 0.230 e. The Hall–Kier alpha value is -2.89. The molecule has 2 N–H and O–H groups in total. The molecule has 0 fully saturated rings. The summed E-state index contributed by atoms with van der Waals surface area (Å²) in [5, 5.41) is 10.3. The predicted molar refractivity (Wildman–Crippen MR) is 90.5 cm³/mol. The summed E-state index contributed by atoms with van der Waals surface area (Å²) in [7, 11) is 0. The number of hydrogen-bond donors (Lipinski definition) is 2. The standard InChI is InChI=1S/C17H19N5O/c1-10-6-5-7-11(2)16(10)19-14-8-12(3)18-17(20-14)21-15-9-13(4)23-22-15/h5-9H,1-4H3,(H2,18,19,20,21,22). The second-order valence-corrected chi connectivity index (χ2v) is 5.56. The van der Waals surface area contributed by atoms with Crippen LogP contribution in [-0.4, -0.2) is 15.1 Å². The number of nitrogens with zero attached hydrogens (tertiary/aromatic N) is 3. The molecule has 2 heterocycles. The number of para-hydroxylation sites is 1. The highest BCUT2D eigenvalue weighted by molar-refractivity contribution is 5.65. The minimum atomic E-state index is 0.479. The molecular formula is C17H19N5O. The van der Waals surface area contributed by atoms with Crippen LogP contribution in [0.5, 0.6) is 0 Å². The second-order valence-electron chi connectivity index (χ2n) is 5.56. The lowest BCUT2D eigenvalue weighted by Crippen LogP contribution is -2.04. The summed E-state index contributed by atoms with van der Waals surface area (Å²) in [4.78, 5) is 8.88. The van der Waals surface area contributed by atoms with Gasteiger partial charge in [0.1, 0.15) is 11.6 Å². The first-order valence-electron chi connectivity index (χ1n) is 7.40. The quantitative estimate of drug-likeness (QED) is 0.752. The Bertz CT molecular complexity index is 821. The van der Waals surface area contributed by atoms with Crippen LogP contribution in [0.15, 0.2) is 34.9 Å². The zero-order valence-corrected chi connectivity index (χ0v) is 13.6. The van der Waals surface area contributed by atoms with Crippen molar-refractivity contribution in [1.82, 2.24) is 15.1 Å². The number of nitrogens with one attached hydrogen (secondary N) is 2. The topological polar surface area (TPSA) is 75.9 Å². The van der Waals surface area contributed by atoms with E-state index in [2.05, 4.69) is 51.7 Å². The van der Waals surface area contributed by atoms with Gasteiger partial charge in [0.05, 0.1) is 0 Å². The largest absolute Gasteiger partial charge is 0.360 e. The molecular weight excluding hydrogens is 290 g/mol. The second kappa shape index (κ2) is 6.08. The van der Waals surface area contributed by atoms with Crippen molar-refractivity contribution in [3.8, 4) is 0 Å². The average molecular weight is 309 g/mol. The van der Waals surface area contributed by atoms with Gasteiger partial charge >= 0.3 is 0 Å². The minimum Gasteiger partial charge on any atom is -0.360 e. The summed E-state index contributed by atoms with van der Waals surface area (Å²) >= 11 is 0. The number of hydrogen-bond acceptors (Lipinski definition) is 6. The fourth-order valence-electron chi connectivity index (χ4n) is 2.37. The van der Waals surface area contributed by atoms with Crippen molar-refractivity contribution in [2.45, 2.75) is 27.7 Å². The highest BCUT2D eigenvalue weighted by Gasteiger charge is 2.08. The van der Waals surface area contributed by atoms with Crippen LogP contribution in [-0.2, 0) is 0 Å². The number of aromatic nitrogens is 3. The Kier molecular flexibility index (Phi) is 3.97. The van der Waals surface area contributed by atoms with Crippen LogP contribution in [0.25, 0.3) is 0 Å². The van der Waals surface area contributed by atoms with E-state index in [-0.39, 0.29) is 0 Å². The zero-order valence-electron chi connectivity index (χ0n) is 13.6. The Balaban J connectivity index is 1.88. The first kappa shape index (κ1) is 15.0. The summed E-state index contributed by atoms with van der Waals surface area (Å²) in [6.07, 6.45) is 0. The minimum absolute atomic E-state index is 0.479. The number of aryl methyl sites for hydroxylation is 4. The summed E-state index contributed by atoms with van der Waals surface area (Å²) in [6, 6.07) is 9.89. The van der Waals surface area contributed by atoms with Gasteiger partial charge in [0.25, 0.3) is 0 Å². The van der Waals surface area contributed by atoms with Gasteiger partial charge in [0.15, 0.2) is 5.82 Å². The van der Waals surface area contributed by atoms with E-state index in [1.807, 2.05) is 26.0 Å². The molecule has 118 valence electrons. The molecule has 0 aliphatic heterocycles. The summed E-state index contributed by atoms with van der Waals surface area (Å²) in [5.41, 5.74) is 4.26. The monoisotopic (exact) mass is 309 g/mol. The van der Waals surface area contributed by atoms with Gasteiger partial charge in [-0.2, -0.15) is 4.98 Å². The van der Waals surface area contributed by atoms with Crippen molar-refractivity contribution in [2.24, 2.45) is 0 Å². The maximum absolute atomic E-state index is 5.04. The molecule has 0 saturated carbocycles. The van der Waals surface area contributed by atoms with E-state index in [1.54, 1.807) is 6.07 Å². The van der Waals surface area contributed by atoms with E-state index >= 15 is 0 Å². The fourth-order valence-corrected chi connectivity index (χ4v) is 2.37. The lowest BCUT2D eigenvalue weighted by atomic mass is 10.1. The van der Waals surface area contributed by atoms with Crippen LogP contribution in [0.3, 0.4) is 0 Å². The molecule has 0 saturated heterocycles. The van der Waals surface area contributed by atoms with E-state index in [9.17, 15) is 0 Å². The highest BCUT2D eigenvalue weighted by Crippen LogP contribution is 2.24. The molecule has 6 heteroatoms. The predicted octanol–water partition coefficient (Wildman–Crippen LogP) is 4.19. The molecule has 0 radical (unpaired) electrons. The van der Waals surface area contributed by atoms with Crippen LogP contribution < -0.4 is 10.6 Å². The van der Waals surface area contributed by atoms with Gasteiger partial charge in [-0.15, -0.1) is 0 Å². The van der Waals surface area contributed by atoms with Crippen LogP contribution in [0.4, 0.5) is 23.3 Å². The third-order valence-electron chi connectivity index (χ3n) is 3.46. The van der Waals surface area contributed by atoms with E-state index in [0.29, 0.717) is 11.8 Å². The van der Waals surface area contributed by atoms with Crippen LogP contribution in [0.1, 0.15) is 22.6 Å². The SMILES string of the molecule is Cc1cc(Nc2c(C)cccc2C)nc(Nc2cc(C)on2)n1. The van der Waals surface area contributed by atoms with Crippen LogP contribution in [0.2, 0.25) is 0 Å². The maximum atomic E-state index is 5.04. The van der Waals surface area contributed by atoms with Crippen molar-refractivity contribution in [3.63, 3.8) is 0 Å². The summed E-state index contributed by atoms with van der Waals surface area (Å²) in [6.45, 7) is 7.90. The molecule has 1 aromatic carbocycles. The average Bonchev–Trinajstić information content (AvgIpc) is 2.88. The highest BCUT2D eigenvalue weighted by atomic mass is 16.5. The van der Waals surface area contributed by atoms with E-state index in [0.717, 1.165) is 23.0 Å². The Morgan fingerprint density at radius 3 is 2.26 bits per heavy atom. The van der Waals surface area contributed by atoms with Gasteiger partial charge in [-0.1, -0.05) is 23.4 Å². The molecule has 6 nitrogen and oxygen atoms in total. The van der Waals surface area contributed by atoms with Gasteiger partial charge in [-0.25, -0.2) is 4.98 Å². The van der Waals surface area contributed by atoms with Crippen molar-refractivity contribution in [1.29, 1.82) is 0 Å². The zero-order chi connectivity index (χ0) is 16.4. The van der Waals surface area contributed by atoms with Gasteiger partial charge in [0, 0.05) is 23.5 Å². The lowest BCUT2D eigenvalue weighted by Gasteiger charge is -2.13. The number of anilines is 4. The Morgan fingerprint density at radius 2 is 1.61 bits per heavy atom. The molecule has 0 spiro atoms. The molecule has 0 aliphatic carbocycles.